The predicted octanol–water partition coefficient (Wildman–Crippen LogP) is 5.61. The van der Waals surface area contributed by atoms with Crippen molar-refractivity contribution in [3.63, 3.8) is 0 Å². The maximum atomic E-state index is 13.3. The van der Waals surface area contributed by atoms with Gasteiger partial charge in [0.15, 0.2) is 0 Å². The van der Waals surface area contributed by atoms with Crippen molar-refractivity contribution in [2.45, 2.75) is 95.5 Å². The van der Waals surface area contributed by atoms with Crippen molar-refractivity contribution in [3.05, 3.63) is 88.1 Å². The van der Waals surface area contributed by atoms with Crippen LogP contribution in [0.15, 0.2) is 70.5 Å². The Morgan fingerprint density at radius 3 is 2.09 bits per heavy atom. The fourth-order valence-electron chi connectivity index (χ4n) is 5.73. The van der Waals surface area contributed by atoms with Crippen LogP contribution in [0.1, 0.15) is 84.0 Å². The lowest BCUT2D eigenvalue weighted by Gasteiger charge is -2.34. The number of rotatable bonds is 7. The fourth-order valence-corrected chi connectivity index (χ4v) is 7.49. The molecule has 6 rings (SSSR count). The number of hydrogen-bond acceptors (Lipinski definition) is 6. The minimum absolute atomic E-state index is 0.0165. The first-order chi connectivity index (χ1) is 21.7. The van der Waals surface area contributed by atoms with Gasteiger partial charge in [-0.1, -0.05) is 65.8 Å². The molecule has 3 heterocycles. The van der Waals surface area contributed by atoms with E-state index in [1.807, 2.05) is 48.7 Å². The highest BCUT2D eigenvalue weighted by Gasteiger charge is 2.37. The molecule has 248 valence electrons. The Hall–Kier alpha value is -3.31. The van der Waals surface area contributed by atoms with Crippen molar-refractivity contribution in [2.75, 3.05) is 19.6 Å². The molecule has 0 radical (unpaired) electrons. The number of piperidine rings is 1. The first-order valence-electron chi connectivity index (χ1n) is 16.4. The van der Waals surface area contributed by atoms with Gasteiger partial charge in [0.25, 0.3) is 0 Å². The fraction of sp³-hybridized carbons (Fsp3) is 0.500. The first kappa shape index (κ1) is 34.0. The van der Waals surface area contributed by atoms with Crippen LogP contribution in [-0.4, -0.2) is 52.9 Å². The van der Waals surface area contributed by atoms with Crippen molar-refractivity contribution in [1.29, 1.82) is 0 Å². The second-order valence-electron chi connectivity index (χ2n) is 14.8. The van der Waals surface area contributed by atoms with E-state index in [0.29, 0.717) is 29.6 Å². The summed E-state index contributed by atoms with van der Waals surface area (Å²) in [6.07, 6.45) is 5.98. The molecule has 2 aromatic heterocycles. The molecule has 4 aromatic rings. The Morgan fingerprint density at radius 2 is 1.54 bits per heavy atom. The van der Waals surface area contributed by atoms with Crippen LogP contribution in [0, 0.1) is 5.92 Å². The number of nitrogens with zero attached hydrogens (tertiary/aromatic N) is 3. The molecule has 1 aliphatic heterocycles. The third-order valence-corrected chi connectivity index (χ3v) is 10.9. The van der Waals surface area contributed by atoms with E-state index in [-0.39, 0.29) is 22.6 Å². The average molecular weight is 647 g/mol. The Labute approximate surface area is 273 Å². The van der Waals surface area contributed by atoms with Crippen LogP contribution in [0.3, 0.4) is 0 Å². The number of benzene rings is 2. The topological polar surface area (TPSA) is 126 Å². The molecule has 0 spiro atoms. The van der Waals surface area contributed by atoms with E-state index in [4.69, 9.17) is 5.73 Å². The molecule has 2 aliphatic rings. The number of hydrogen-bond donors (Lipinski definition) is 3. The van der Waals surface area contributed by atoms with E-state index in [1.54, 1.807) is 21.0 Å². The molecule has 2 aromatic carbocycles. The Bertz CT molecular complexity index is 1790. The molecule has 9 nitrogen and oxygen atoms in total. The lowest BCUT2D eigenvalue weighted by Crippen LogP contribution is -2.46. The number of aromatic nitrogens is 3. The van der Waals surface area contributed by atoms with Gasteiger partial charge in [0.2, 0.25) is 10.0 Å². The largest absolute Gasteiger partial charge is 0.354 e. The number of H-pyrrole nitrogens is 1. The summed E-state index contributed by atoms with van der Waals surface area (Å²) in [5, 5.41) is 4.26. The first-order valence-corrected chi connectivity index (χ1v) is 17.9. The van der Waals surface area contributed by atoms with Gasteiger partial charge in [-0.3, -0.25) is 4.57 Å². The molecule has 4 N–H and O–H groups in total. The molecule has 1 aliphatic carbocycles. The van der Waals surface area contributed by atoms with Gasteiger partial charge in [-0.15, -0.1) is 0 Å². The van der Waals surface area contributed by atoms with Crippen LogP contribution < -0.4 is 16.7 Å². The average Bonchev–Trinajstić information content (AvgIpc) is 3.75. The SMILES string of the molecule is CC(C)(C)c1cc2cn(-c3ccc(CN)cc3)c(=O)nc2[nH]1.CC(C)(C)c1ccc(S(=O)(=O)N(CC2CC2)C2CCNCC2)cc1. The summed E-state index contributed by atoms with van der Waals surface area (Å²) in [5.41, 5.74) is 9.99. The lowest BCUT2D eigenvalue weighted by atomic mass is 9.87. The van der Waals surface area contributed by atoms with Gasteiger partial charge >= 0.3 is 5.69 Å². The highest BCUT2D eigenvalue weighted by Crippen LogP contribution is 2.34. The number of nitrogens with two attached hydrogens (primary N) is 1. The zero-order valence-corrected chi connectivity index (χ0v) is 29.0. The van der Waals surface area contributed by atoms with E-state index in [0.717, 1.165) is 53.8 Å². The van der Waals surface area contributed by atoms with Crippen LogP contribution in [0.25, 0.3) is 16.7 Å². The van der Waals surface area contributed by atoms with Crippen LogP contribution in [0.4, 0.5) is 0 Å². The normalized spacial score (nSPS) is 16.4. The summed E-state index contributed by atoms with van der Waals surface area (Å²) in [6, 6.07) is 17.3. The van der Waals surface area contributed by atoms with Gasteiger partial charge in [0, 0.05) is 41.8 Å². The van der Waals surface area contributed by atoms with Gasteiger partial charge in [-0.05, 0) is 91.6 Å². The Balaban J connectivity index is 0.000000182. The summed E-state index contributed by atoms with van der Waals surface area (Å²) in [5.74, 6) is 0.559. The number of fused-ring (bicyclic) bond motifs is 1. The van der Waals surface area contributed by atoms with Crippen molar-refractivity contribution in [2.24, 2.45) is 11.7 Å². The molecule has 2 fully saturated rings. The quantitative estimate of drug-likeness (QED) is 0.240. The van der Waals surface area contributed by atoms with Gasteiger partial charge < -0.3 is 16.0 Å². The molecule has 1 saturated heterocycles. The molecule has 0 atom stereocenters. The molecular weight excluding hydrogens is 597 g/mol. The lowest BCUT2D eigenvalue weighted by molar-refractivity contribution is 0.255. The third-order valence-electron chi connectivity index (χ3n) is 8.94. The maximum absolute atomic E-state index is 13.3. The van der Waals surface area contributed by atoms with Crippen LogP contribution in [0.5, 0.6) is 0 Å². The van der Waals surface area contributed by atoms with E-state index in [2.05, 4.69) is 56.8 Å². The third kappa shape index (κ3) is 7.97. The van der Waals surface area contributed by atoms with Gasteiger partial charge in [0.1, 0.15) is 5.65 Å². The zero-order chi connectivity index (χ0) is 33.3. The smallest absolute Gasteiger partial charge is 0.343 e. The molecule has 0 unspecified atom stereocenters. The number of nitrogens with one attached hydrogen (secondary N) is 2. The van der Waals surface area contributed by atoms with Crippen LogP contribution >= 0.6 is 0 Å². The summed E-state index contributed by atoms with van der Waals surface area (Å²) in [7, 11) is -3.41. The Kier molecular flexibility index (Phi) is 9.94. The van der Waals surface area contributed by atoms with Gasteiger partial charge in [-0.25, -0.2) is 13.2 Å². The summed E-state index contributed by atoms with van der Waals surface area (Å²) in [6.45, 7) is 15.8. The van der Waals surface area contributed by atoms with Crippen molar-refractivity contribution < 1.29 is 8.42 Å². The standard InChI is InChI=1S/C19H30N2O2S.C17H20N4O/c1-19(2,3)16-6-8-18(9-7-16)24(22,23)21(14-15-4-5-15)17-10-12-20-13-11-17;1-17(2,3)14-8-12-10-21(16(22)20-15(12)19-14)13-6-4-11(9-18)5-7-13/h6-9,15,17,20H,4-5,10-14H2,1-3H3;4-8,10H,9,18H2,1-3H3,(H,19,20,22). The minimum Gasteiger partial charge on any atom is -0.343 e. The molecular formula is C36H50N6O3S. The Morgan fingerprint density at radius 1 is 0.913 bits per heavy atom. The molecule has 0 bridgehead atoms. The zero-order valence-electron chi connectivity index (χ0n) is 28.1. The second kappa shape index (κ2) is 13.4. The van der Waals surface area contributed by atoms with E-state index in [9.17, 15) is 13.2 Å². The van der Waals surface area contributed by atoms with Crippen LogP contribution in [-0.2, 0) is 27.4 Å². The number of aromatic amines is 1. The highest BCUT2D eigenvalue weighted by molar-refractivity contribution is 7.89. The summed E-state index contributed by atoms with van der Waals surface area (Å²) in [4.78, 5) is 20.1. The van der Waals surface area contributed by atoms with Gasteiger partial charge in [-0.2, -0.15) is 9.29 Å². The van der Waals surface area contributed by atoms with Crippen molar-refractivity contribution >= 4 is 21.1 Å². The maximum Gasteiger partial charge on any atom is 0.354 e. The molecule has 10 heteroatoms. The minimum atomic E-state index is -3.41. The van der Waals surface area contributed by atoms with E-state index in [1.165, 1.54) is 12.8 Å². The molecule has 1 saturated carbocycles. The summed E-state index contributed by atoms with van der Waals surface area (Å²) < 4.78 is 29.9. The van der Waals surface area contributed by atoms with Crippen LogP contribution in [0.2, 0.25) is 0 Å². The highest BCUT2D eigenvalue weighted by atomic mass is 32.2. The molecule has 46 heavy (non-hydrogen) atoms. The second-order valence-corrected chi connectivity index (χ2v) is 16.7. The van der Waals surface area contributed by atoms with E-state index >= 15 is 0 Å². The van der Waals surface area contributed by atoms with Gasteiger partial charge in [0.05, 0.1) is 10.6 Å². The van der Waals surface area contributed by atoms with Crippen molar-refractivity contribution in [3.8, 4) is 5.69 Å². The predicted molar refractivity (Wildman–Crippen MR) is 186 cm³/mol. The molecule has 0 amide bonds. The van der Waals surface area contributed by atoms with E-state index < -0.39 is 10.0 Å². The summed E-state index contributed by atoms with van der Waals surface area (Å²) >= 11 is 0. The van der Waals surface area contributed by atoms with Crippen molar-refractivity contribution in [1.82, 2.24) is 24.2 Å². The monoisotopic (exact) mass is 646 g/mol. The number of sulfonamides is 1.